The van der Waals surface area contributed by atoms with Gasteiger partial charge >= 0.3 is 6.03 Å². The third kappa shape index (κ3) is 4.00. The normalized spacial score (nSPS) is 15.6. The summed E-state index contributed by atoms with van der Waals surface area (Å²) in [5.41, 5.74) is 3.50. The second-order valence-electron chi connectivity index (χ2n) is 7.13. The number of hydrogen-bond acceptors (Lipinski definition) is 7. The van der Waals surface area contributed by atoms with Gasteiger partial charge in [0.2, 0.25) is 5.88 Å². The first-order chi connectivity index (χ1) is 14.5. The number of methoxy groups -OCH3 is 1. The summed E-state index contributed by atoms with van der Waals surface area (Å²) in [4.78, 5) is 32.0. The molecule has 0 saturated carbocycles. The Labute approximate surface area is 174 Å². The van der Waals surface area contributed by atoms with E-state index in [2.05, 4.69) is 25.6 Å². The summed E-state index contributed by atoms with van der Waals surface area (Å²) in [6, 6.07) is 7.09. The maximum atomic E-state index is 13.2. The molecule has 0 aromatic carbocycles. The highest BCUT2D eigenvalue weighted by molar-refractivity contribution is 6.03. The molecule has 9 nitrogen and oxygen atoms in total. The van der Waals surface area contributed by atoms with Crippen molar-refractivity contribution in [1.82, 2.24) is 19.9 Å². The summed E-state index contributed by atoms with van der Waals surface area (Å²) in [7, 11) is 1.51. The number of rotatable bonds is 3. The number of carbonyl (C=O) groups excluding carboxylic acids is 1. The summed E-state index contributed by atoms with van der Waals surface area (Å²) in [6.07, 6.45) is 5.69. The van der Waals surface area contributed by atoms with Gasteiger partial charge in [-0.1, -0.05) is 0 Å². The molecule has 2 amide bonds. The van der Waals surface area contributed by atoms with Gasteiger partial charge < -0.3 is 10.1 Å². The minimum atomic E-state index is -0.319. The summed E-state index contributed by atoms with van der Waals surface area (Å²) in [6.45, 7) is 4.73. The van der Waals surface area contributed by atoms with E-state index in [0.717, 1.165) is 35.5 Å². The lowest BCUT2D eigenvalue weighted by Crippen LogP contribution is -2.42. The first-order valence-electron chi connectivity index (χ1n) is 9.68. The van der Waals surface area contributed by atoms with Gasteiger partial charge in [0.05, 0.1) is 18.5 Å². The molecule has 30 heavy (non-hydrogen) atoms. The third-order valence-corrected chi connectivity index (χ3v) is 4.90. The van der Waals surface area contributed by atoms with Crippen LogP contribution in [0.2, 0.25) is 0 Å². The standard InChI is InChI=1S/C21H23N7O2/c1-13-8-15(11-22-10-13)16-4-5-17-20(26-16)28(14(2)6-7-23-17)21(29)27-18-9-19(30-3)25-12-24-18/h4-5,8-12,14,23H,6-7H2,1-3H3,(H,24,25,27,29)/t14-/m1/s1. The van der Waals surface area contributed by atoms with Gasteiger partial charge in [-0.2, -0.15) is 0 Å². The van der Waals surface area contributed by atoms with E-state index in [-0.39, 0.29) is 12.1 Å². The zero-order chi connectivity index (χ0) is 21.1. The molecule has 4 rings (SSSR count). The average molecular weight is 405 g/mol. The molecule has 0 bridgehead atoms. The Morgan fingerprint density at radius 2 is 2.13 bits per heavy atom. The molecule has 0 unspecified atom stereocenters. The van der Waals surface area contributed by atoms with Crippen LogP contribution in [0.5, 0.6) is 5.88 Å². The highest BCUT2D eigenvalue weighted by atomic mass is 16.5. The van der Waals surface area contributed by atoms with Crippen LogP contribution in [0.4, 0.5) is 22.1 Å². The second-order valence-corrected chi connectivity index (χ2v) is 7.13. The lowest BCUT2D eigenvalue weighted by atomic mass is 10.1. The van der Waals surface area contributed by atoms with Crippen LogP contribution in [-0.4, -0.2) is 45.7 Å². The van der Waals surface area contributed by atoms with Crippen LogP contribution in [0, 0.1) is 6.92 Å². The molecule has 0 aliphatic carbocycles. The number of amides is 2. The molecule has 4 heterocycles. The van der Waals surface area contributed by atoms with Crippen molar-refractivity contribution in [1.29, 1.82) is 0 Å². The fourth-order valence-electron chi connectivity index (χ4n) is 3.36. The predicted octanol–water partition coefficient (Wildman–Crippen LogP) is 3.49. The van der Waals surface area contributed by atoms with Crippen molar-refractivity contribution in [2.75, 3.05) is 29.2 Å². The first-order valence-corrected chi connectivity index (χ1v) is 9.68. The number of aryl methyl sites for hydroxylation is 1. The van der Waals surface area contributed by atoms with Gasteiger partial charge in [-0.05, 0) is 44.0 Å². The van der Waals surface area contributed by atoms with E-state index in [4.69, 9.17) is 9.72 Å². The van der Waals surface area contributed by atoms with E-state index >= 15 is 0 Å². The van der Waals surface area contributed by atoms with Crippen molar-refractivity contribution in [3.8, 4) is 17.1 Å². The monoisotopic (exact) mass is 405 g/mol. The number of urea groups is 1. The van der Waals surface area contributed by atoms with E-state index < -0.39 is 0 Å². The molecule has 2 N–H and O–H groups in total. The fraction of sp³-hybridized carbons (Fsp3) is 0.286. The second kappa shape index (κ2) is 8.32. The number of nitrogens with zero attached hydrogens (tertiary/aromatic N) is 5. The fourth-order valence-corrected chi connectivity index (χ4v) is 3.36. The minimum Gasteiger partial charge on any atom is -0.481 e. The molecule has 3 aromatic heterocycles. The molecular weight excluding hydrogens is 382 g/mol. The average Bonchev–Trinajstić information content (AvgIpc) is 2.91. The Morgan fingerprint density at radius 1 is 1.27 bits per heavy atom. The zero-order valence-electron chi connectivity index (χ0n) is 17.1. The number of fused-ring (bicyclic) bond motifs is 1. The van der Waals surface area contributed by atoms with Gasteiger partial charge in [0.1, 0.15) is 12.1 Å². The van der Waals surface area contributed by atoms with Gasteiger partial charge in [-0.3, -0.25) is 15.2 Å². The van der Waals surface area contributed by atoms with Gasteiger partial charge in [-0.25, -0.2) is 19.7 Å². The van der Waals surface area contributed by atoms with Crippen molar-refractivity contribution in [2.24, 2.45) is 0 Å². The topological polar surface area (TPSA) is 105 Å². The maximum Gasteiger partial charge on any atom is 0.328 e. The van der Waals surface area contributed by atoms with E-state index in [0.29, 0.717) is 17.5 Å². The third-order valence-electron chi connectivity index (χ3n) is 4.90. The van der Waals surface area contributed by atoms with Crippen molar-refractivity contribution in [2.45, 2.75) is 26.3 Å². The molecule has 1 aliphatic rings. The van der Waals surface area contributed by atoms with Crippen LogP contribution >= 0.6 is 0 Å². The molecule has 0 fully saturated rings. The summed E-state index contributed by atoms with van der Waals surface area (Å²) >= 11 is 0. The Morgan fingerprint density at radius 3 is 2.93 bits per heavy atom. The van der Waals surface area contributed by atoms with E-state index in [1.165, 1.54) is 13.4 Å². The molecule has 0 saturated heterocycles. The number of hydrogen-bond donors (Lipinski definition) is 2. The van der Waals surface area contributed by atoms with Crippen molar-refractivity contribution >= 4 is 23.4 Å². The van der Waals surface area contributed by atoms with E-state index in [1.54, 1.807) is 23.4 Å². The van der Waals surface area contributed by atoms with Gasteiger partial charge in [-0.15, -0.1) is 0 Å². The first kappa shape index (κ1) is 19.6. The van der Waals surface area contributed by atoms with Crippen LogP contribution in [-0.2, 0) is 0 Å². The number of ether oxygens (including phenoxy) is 1. The molecule has 3 aromatic rings. The number of anilines is 3. The molecule has 1 atom stereocenters. The van der Waals surface area contributed by atoms with Crippen LogP contribution < -0.4 is 20.3 Å². The summed E-state index contributed by atoms with van der Waals surface area (Å²) in [5, 5.41) is 6.20. The van der Waals surface area contributed by atoms with Crippen molar-refractivity contribution < 1.29 is 9.53 Å². The Bertz CT molecular complexity index is 1070. The quantitative estimate of drug-likeness (QED) is 0.687. The largest absolute Gasteiger partial charge is 0.481 e. The zero-order valence-corrected chi connectivity index (χ0v) is 17.1. The van der Waals surface area contributed by atoms with E-state index in [1.807, 2.05) is 32.0 Å². The number of carbonyl (C=O) groups is 1. The summed E-state index contributed by atoms with van der Waals surface area (Å²) < 4.78 is 5.11. The predicted molar refractivity (Wildman–Crippen MR) is 115 cm³/mol. The smallest absolute Gasteiger partial charge is 0.328 e. The Balaban J connectivity index is 1.70. The van der Waals surface area contributed by atoms with Gasteiger partial charge in [0.15, 0.2) is 5.82 Å². The lowest BCUT2D eigenvalue weighted by molar-refractivity contribution is 0.255. The molecule has 154 valence electrons. The highest BCUT2D eigenvalue weighted by Gasteiger charge is 2.29. The van der Waals surface area contributed by atoms with Gasteiger partial charge in [0.25, 0.3) is 0 Å². The van der Waals surface area contributed by atoms with E-state index in [9.17, 15) is 4.79 Å². The highest BCUT2D eigenvalue weighted by Crippen LogP contribution is 2.32. The van der Waals surface area contributed by atoms with Crippen molar-refractivity contribution in [3.05, 3.63) is 48.5 Å². The van der Waals surface area contributed by atoms with Crippen molar-refractivity contribution in [3.63, 3.8) is 0 Å². The molecule has 0 spiro atoms. The Kier molecular flexibility index (Phi) is 5.42. The SMILES string of the molecule is COc1cc(NC(=O)N2c3nc(-c4cncc(C)c4)ccc3NCC[C@H]2C)ncn1. The number of pyridine rings is 2. The molecule has 0 radical (unpaired) electrons. The molecule has 1 aliphatic heterocycles. The van der Waals surface area contributed by atoms with Crippen LogP contribution in [0.15, 0.2) is 43.0 Å². The van der Waals surface area contributed by atoms with Crippen LogP contribution in [0.1, 0.15) is 18.9 Å². The maximum absolute atomic E-state index is 13.2. The number of aromatic nitrogens is 4. The summed E-state index contributed by atoms with van der Waals surface area (Å²) in [5.74, 6) is 1.30. The number of nitrogens with one attached hydrogen (secondary N) is 2. The molecule has 9 heteroatoms. The lowest BCUT2D eigenvalue weighted by Gasteiger charge is -2.27. The van der Waals surface area contributed by atoms with Crippen LogP contribution in [0.25, 0.3) is 11.3 Å². The molecular formula is C21H23N7O2. The van der Waals surface area contributed by atoms with Crippen LogP contribution in [0.3, 0.4) is 0 Å². The Hall–Kier alpha value is -3.75. The minimum absolute atomic E-state index is 0.0686. The van der Waals surface area contributed by atoms with Gasteiger partial charge in [0, 0.05) is 36.6 Å².